The van der Waals surface area contributed by atoms with E-state index in [2.05, 4.69) is 14.5 Å². The molecule has 0 aromatic heterocycles. The molecule has 0 aliphatic rings. The van der Waals surface area contributed by atoms with Crippen LogP contribution in [0.2, 0.25) is 6.32 Å². The quantitative estimate of drug-likeness (QED) is 0.337. The van der Waals surface area contributed by atoms with Gasteiger partial charge in [-0.15, -0.1) is 8.58 Å². The zero-order chi connectivity index (χ0) is 4.12. The van der Waals surface area contributed by atoms with Crippen LogP contribution in [0.3, 0.4) is 0 Å². The molecule has 0 aromatic carbocycles. The van der Waals surface area contributed by atoms with Crippen molar-refractivity contribution in [2.75, 3.05) is 12.8 Å². The van der Waals surface area contributed by atoms with Crippen molar-refractivity contribution in [2.45, 2.75) is 6.32 Å². The van der Waals surface area contributed by atoms with Crippen LogP contribution in [0, 0.1) is 0 Å². The van der Waals surface area contributed by atoms with Crippen molar-refractivity contribution in [1.82, 2.24) is 0 Å². The molecule has 0 spiro atoms. The van der Waals surface area contributed by atoms with Crippen molar-refractivity contribution < 1.29 is 0 Å². The molecule has 0 rings (SSSR count). The Balaban J connectivity index is 2.19. The topological polar surface area (TPSA) is 0 Å². The van der Waals surface area contributed by atoms with Gasteiger partial charge in [-0.2, -0.15) is 0 Å². The molecule has 2 heteroatoms. The first-order valence-corrected chi connectivity index (χ1v) is 3.77. The third-order valence-electron chi connectivity index (χ3n) is 0.500. The summed E-state index contributed by atoms with van der Waals surface area (Å²) < 4.78 is 0. The normalized spacial score (nSPS) is 10.6. The van der Waals surface area contributed by atoms with Crippen molar-refractivity contribution in [3.05, 3.63) is 0 Å². The van der Waals surface area contributed by atoms with Crippen molar-refractivity contribution in [3.8, 4) is 0 Å². The third kappa shape index (κ3) is 4.49. The minimum Gasteiger partial charge on any atom is -0.126 e. The molecule has 0 fully saturated rings. The molecule has 1 unspecified atom stereocenters. The molecular weight excluding hydrogens is 77.8 g/mol. The van der Waals surface area contributed by atoms with E-state index in [9.17, 15) is 0 Å². The zero-order valence-electron chi connectivity index (χ0n) is 3.91. The maximum atomic E-state index is 2.24. The molecule has 0 saturated heterocycles. The highest BCUT2D eigenvalue weighted by Crippen LogP contribution is 2.00. The molecule has 0 saturated carbocycles. The largest absolute Gasteiger partial charge is 0.126 e. The minimum atomic E-state index is 1.16. The predicted molar refractivity (Wildman–Crippen MR) is 32.5 cm³/mol. The Hall–Kier alpha value is 0.495. The van der Waals surface area contributed by atoms with Gasteiger partial charge in [0.15, 0.2) is 0 Å². The molecule has 30 valence electrons. The second-order valence-electron chi connectivity index (χ2n) is 1.10. The van der Waals surface area contributed by atoms with Gasteiger partial charge >= 0.3 is 0 Å². The van der Waals surface area contributed by atoms with Gasteiger partial charge < -0.3 is 0 Å². The van der Waals surface area contributed by atoms with Crippen LogP contribution in [0.1, 0.15) is 0 Å². The van der Waals surface area contributed by atoms with Crippen LogP contribution in [0.25, 0.3) is 0 Å². The van der Waals surface area contributed by atoms with Gasteiger partial charge in [0.2, 0.25) is 0 Å². The first-order valence-electron chi connectivity index (χ1n) is 2.06. The van der Waals surface area contributed by atoms with Crippen LogP contribution < -0.4 is 0 Å². The standard InChI is InChI=1S/C3H10BP/c1-5-3-2-4/h5H,2-4H2,1H3. The summed E-state index contributed by atoms with van der Waals surface area (Å²) in [6, 6.07) is 0. The summed E-state index contributed by atoms with van der Waals surface area (Å²) in [6.07, 6.45) is 2.77. The lowest BCUT2D eigenvalue weighted by atomic mass is 10.1. The Morgan fingerprint density at radius 2 is 2.40 bits per heavy atom. The Labute approximate surface area is 36.5 Å². The van der Waals surface area contributed by atoms with Crippen molar-refractivity contribution in [1.29, 1.82) is 0 Å². The highest BCUT2D eigenvalue weighted by atomic mass is 31.1. The molecule has 5 heavy (non-hydrogen) atoms. The van der Waals surface area contributed by atoms with Crippen LogP contribution in [-0.2, 0) is 0 Å². The zero-order valence-corrected chi connectivity index (χ0v) is 4.91. The fourth-order valence-electron chi connectivity index (χ4n) is 0.250. The van der Waals surface area contributed by atoms with E-state index < -0.39 is 0 Å². The summed E-state index contributed by atoms with van der Waals surface area (Å²) >= 11 is 0. The van der Waals surface area contributed by atoms with Crippen LogP contribution in [0.4, 0.5) is 0 Å². The molecule has 1 atom stereocenters. The molecule has 0 heterocycles. The summed E-state index contributed by atoms with van der Waals surface area (Å²) in [7, 11) is 3.38. The maximum absolute atomic E-state index is 2.24. The number of hydrogen-bond donors (Lipinski definition) is 0. The van der Waals surface area contributed by atoms with Crippen LogP contribution in [-0.4, -0.2) is 20.7 Å². The molecule has 0 N–H and O–H groups in total. The Morgan fingerprint density at radius 1 is 1.80 bits per heavy atom. The summed E-state index contributed by atoms with van der Waals surface area (Å²) in [5, 5.41) is 0. The van der Waals surface area contributed by atoms with Crippen LogP contribution in [0.5, 0.6) is 0 Å². The summed E-state index contributed by atoms with van der Waals surface area (Å²) in [5.41, 5.74) is 0. The van der Waals surface area contributed by atoms with Gasteiger partial charge in [0.25, 0.3) is 0 Å². The second kappa shape index (κ2) is 4.49. The van der Waals surface area contributed by atoms with Gasteiger partial charge in [-0.25, -0.2) is 0 Å². The van der Waals surface area contributed by atoms with Gasteiger partial charge in [0.1, 0.15) is 7.85 Å². The maximum Gasteiger partial charge on any atom is 0.101 e. The molecule has 0 amide bonds. The van der Waals surface area contributed by atoms with Crippen LogP contribution >= 0.6 is 8.58 Å². The van der Waals surface area contributed by atoms with E-state index in [0.717, 1.165) is 8.58 Å². The molecule has 0 bridgehead atoms. The summed E-state index contributed by atoms with van der Waals surface area (Å²) in [4.78, 5) is 0. The molecule has 0 aliphatic heterocycles. The highest BCUT2D eigenvalue weighted by molar-refractivity contribution is 7.37. The van der Waals surface area contributed by atoms with E-state index in [1.807, 2.05) is 0 Å². The Bertz CT molecular complexity index is 14.4. The van der Waals surface area contributed by atoms with Gasteiger partial charge in [-0.05, 0) is 12.8 Å². The number of hydrogen-bond acceptors (Lipinski definition) is 0. The van der Waals surface area contributed by atoms with Gasteiger partial charge in [-0.3, -0.25) is 0 Å². The Kier molecular flexibility index (Phi) is 4.94. The van der Waals surface area contributed by atoms with E-state index in [0.29, 0.717) is 0 Å². The van der Waals surface area contributed by atoms with E-state index in [1.54, 1.807) is 0 Å². The fourth-order valence-corrected chi connectivity index (χ4v) is 0.750. The summed E-state index contributed by atoms with van der Waals surface area (Å²) in [6.45, 7) is 2.24. The lowest BCUT2D eigenvalue weighted by Crippen LogP contribution is -1.66. The second-order valence-corrected chi connectivity index (χ2v) is 2.31. The van der Waals surface area contributed by atoms with E-state index >= 15 is 0 Å². The average molecular weight is 87.9 g/mol. The molecule has 0 aliphatic carbocycles. The van der Waals surface area contributed by atoms with Gasteiger partial charge in [0, 0.05) is 0 Å². The van der Waals surface area contributed by atoms with Gasteiger partial charge in [-0.1, -0.05) is 6.32 Å². The van der Waals surface area contributed by atoms with Crippen molar-refractivity contribution in [3.63, 3.8) is 0 Å². The van der Waals surface area contributed by atoms with Gasteiger partial charge in [0.05, 0.1) is 0 Å². The Morgan fingerprint density at radius 3 is 2.40 bits per heavy atom. The fraction of sp³-hybridized carbons (Fsp3) is 1.00. The molecule has 0 aromatic rings. The van der Waals surface area contributed by atoms with Crippen molar-refractivity contribution >= 4 is 16.4 Å². The van der Waals surface area contributed by atoms with E-state index in [4.69, 9.17) is 0 Å². The SMILES string of the molecule is BCCPC. The molecule has 0 nitrogen and oxygen atoms in total. The number of rotatable bonds is 2. The lowest BCUT2D eigenvalue weighted by Gasteiger charge is -1.79. The smallest absolute Gasteiger partial charge is 0.101 e. The van der Waals surface area contributed by atoms with Crippen molar-refractivity contribution in [2.24, 2.45) is 0 Å². The van der Waals surface area contributed by atoms with Crippen LogP contribution in [0.15, 0.2) is 0 Å². The molecular formula is C3H10BP. The minimum absolute atomic E-state index is 1.16. The predicted octanol–water partition coefficient (Wildman–Crippen LogP) is 0.346. The van der Waals surface area contributed by atoms with E-state index in [-0.39, 0.29) is 0 Å². The highest BCUT2D eigenvalue weighted by Gasteiger charge is 1.68. The monoisotopic (exact) mass is 88.1 g/mol. The van der Waals surface area contributed by atoms with E-state index in [1.165, 1.54) is 12.5 Å². The average Bonchev–Trinajstić information content (AvgIpc) is 1.41. The first kappa shape index (κ1) is 5.49. The molecule has 0 radical (unpaired) electrons. The lowest BCUT2D eigenvalue weighted by molar-refractivity contribution is 1.50. The third-order valence-corrected chi connectivity index (χ3v) is 1.50. The first-order chi connectivity index (χ1) is 2.41. The summed E-state index contributed by atoms with van der Waals surface area (Å²) in [5.74, 6) is 0.